The molecule has 0 saturated heterocycles. The highest BCUT2D eigenvalue weighted by molar-refractivity contribution is 5.94. The smallest absolute Gasteiger partial charge is 0.313 e. The minimum atomic E-state index is -0.371. The number of esters is 1. The van der Waals surface area contributed by atoms with Gasteiger partial charge in [0.25, 0.3) is 0 Å². The molecule has 0 aromatic rings. The molecule has 0 heterocycles. The Kier molecular flexibility index (Phi) is 6.37. The van der Waals surface area contributed by atoms with E-state index in [0.29, 0.717) is 24.4 Å². The quantitative estimate of drug-likeness (QED) is 0.539. The molecular weight excluding hydrogens is 228 g/mol. The van der Waals surface area contributed by atoms with Gasteiger partial charge in [0.05, 0.1) is 6.61 Å². The minimum absolute atomic E-state index is 0.0878. The van der Waals surface area contributed by atoms with Crippen molar-refractivity contribution in [3.63, 3.8) is 0 Å². The second-order valence-corrected chi connectivity index (χ2v) is 5.87. The van der Waals surface area contributed by atoms with Crippen molar-refractivity contribution in [3.05, 3.63) is 0 Å². The predicted molar refractivity (Wildman–Crippen MR) is 71.2 cm³/mol. The molecule has 1 rings (SSSR count). The summed E-state index contributed by atoms with van der Waals surface area (Å²) in [6, 6.07) is 0. The second-order valence-electron chi connectivity index (χ2n) is 5.87. The number of Topliss-reactive ketones (excluding diaryl/α,β-unsaturated/α-hetero) is 1. The van der Waals surface area contributed by atoms with Crippen molar-refractivity contribution in [3.8, 4) is 0 Å². The SMILES string of the molecule is CC(=O)CC(=O)OCC(C(C)C)C1CCCCC1. The van der Waals surface area contributed by atoms with Crippen molar-refractivity contribution in [1.29, 1.82) is 0 Å². The van der Waals surface area contributed by atoms with Gasteiger partial charge in [0.1, 0.15) is 12.2 Å². The Bertz CT molecular complexity index is 277. The predicted octanol–water partition coefficient (Wildman–Crippen LogP) is 3.36. The Labute approximate surface area is 110 Å². The van der Waals surface area contributed by atoms with Crippen LogP contribution in [0, 0.1) is 17.8 Å². The average molecular weight is 254 g/mol. The summed E-state index contributed by atoms with van der Waals surface area (Å²) in [5, 5.41) is 0. The topological polar surface area (TPSA) is 43.4 Å². The average Bonchev–Trinajstić information content (AvgIpc) is 2.29. The summed E-state index contributed by atoms with van der Waals surface area (Å²) in [7, 11) is 0. The Hall–Kier alpha value is -0.860. The van der Waals surface area contributed by atoms with Gasteiger partial charge in [-0.3, -0.25) is 9.59 Å². The molecule has 0 bridgehead atoms. The fourth-order valence-corrected chi connectivity index (χ4v) is 2.88. The van der Waals surface area contributed by atoms with E-state index in [9.17, 15) is 9.59 Å². The van der Waals surface area contributed by atoms with Crippen LogP contribution >= 0.6 is 0 Å². The van der Waals surface area contributed by atoms with Crippen LogP contribution in [0.5, 0.6) is 0 Å². The van der Waals surface area contributed by atoms with Crippen LogP contribution in [-0.2, 0) is 14.3 Å². The summed E-state index contributed by atoms with van der Waals surface area (Å²) < 4.78 is 5.27. The van der Waals surface area contributed by atoms with Crippen LogP contribution in [0.15, 0.2) is 0 Å². The Morgan fingerprint density at radius 3 is 2.28 bits per heavy atom. The maximum atomic E-state index is 11.4. The number of rotatable bonds is 6. The second kappa shape index (κ2) is 7.55. The number of hydrogen-bond donors (Lipinski definition) is 0. The fraction of sp³-hybridized carbons (Fsp3) is 0.867. The van der Waals surface area contributed by atoms with Gasteiger partial charge in [0.2, 0.25) is 0 Å². The van der Waals surface area contributed by atoms with Gasteiger partial charge in [-0.2, -0.15) is 0 Å². The third-order valence-electron chi connectivity index (χ3n) is 3.94. The number of hydrogen-bond acceptors (Lipinski definition) is 3. The molecule has 104 valence electrons. The molecule has 0 aliphatic heterocycles. The van der Waals surface area contributed by atoms with Crippen LogP contribution in [0.1, 0.15) is 59.3 Å². The lowest BCUT2D eigenvalue weighted by atomic mass is 9.75. The highest BCUT2D eigenvalue weighted by Crippen LogP contribution is 2.34. The zero-order valence-corrected chi connectivity index (χ0v) is 11.9. The zero-order valence-electron chi connectivity index (χ0n) is 11.9. The maximum Gasteiger partial charge on any atom is 0.313 e. The van der Waals surface area contributed by atoms with Crippen molar-refractivity contribution in [2.45, 2.75) is 59.3 Å². The number of ether oxygens (including phenoxy) is 1. The molecule has 1 fully saturated rings. The van der Waals surface area contributed by atoms with Gasteiger partial charge in [-0.05, 0) is 24.7 Å². The molecule has 0 aromatic carbocycles. The molecule has 0 N–H and O–H groups in total. The molecule has 18 heavy (non-hydrogen) atoms. The van der Waals surface area contributed by atoms with Crippen LogP contribution < -0.4 is 0 Å². The summed E-state index contributed by atoms with van der Waals surface area (Å²) in [5.41, 5.74) is 0. The molecule has 1 aliphatic rings. The van der Waals surface area contributed by atoms with Crippen molar-refractivity contribution in [1.82, 2.24) is 0 Å². The molecule has 3 heteroatoms. The van der Waals surface area contributed by atoms with E-state index in [0.717, 1.165) is 0 Å². The molecule has 0 aromatic heterocycles. The summed E-state index contributed by atoms with van der Waals surface area (Å²) in [6.45, 7) is 6.28. The van der Waals surface area contributed by atoms with Crippen molar-refractivity contribution >= 4 is 11.8 Å². The Morgan fingerprint density at radius 2 is 1.78 bits per heavy atom. The van der Waals surface area contributed by atoms with E-state index in [2.05, 4.69) is 13.8 Å². The fourth-order valence-electron chi connectivity index (χ4n) is 2.88. The summed E-state index contributed by atoms with van der Waals surface area (Å²) in [5.74, 6) is 1.16. The van der Waals surface area contributed by atoms with E-state index in [1.165, 1.54) is 39.0 Å². The van der Waals surface area contributed by atoms with E-state index in [-0.39, 0.29) is 18.2 Å². The standard InChI is InChI=1S/C15H26O3/c1-11(2)14(13-7-5-4-6-8-13)10-18-15(17)9-12(3)16/h11,13-14H,4-10H2,1-3H3. The molecule has 1 saturated carbocycles. The lowest BCUT2D eigenvalue weighted by Gasteiger charge is -2.32. The van der Waals surface area contributed by atoms with E-state index < -0.39 is 0 Å². The van der Waals surface area contributed by atoms with Crippen LogP contribution in [0.2, 0.25) is 0 Å². The summed E-state index contributed by atoms with van der Waals surface area (Å²) >= 11 is 0. The molecule has 1 unspecified atom stereocenters. The lowest BCUT2D eigenvalue weighted by Crippen LogP contribution is -2.28. The Balaban J connectivity index is 2.42. The Morgan fingerprint density at radius 1 is 1.17 bits per heavy atom. The monoisotopic (exact) mass is 254 g/mol. The zero-order chi connectivity index (χ0) is 13.5. The van der Waals surface area contributed by atoms with Crippen molar-refractivity contribution in [2.75, 3.05) is 6.61 Å². The molecule has 0 radical (unpaired) electrons. The van der Waals surface area contributed by atoms with E-state index >= 15 is 0 Å². The van der Waals surface area contributed by atoms with Gasteiger partial charge in [0, 0.05) is 0 Å². The first-order valence-corrected chi connectivity index (χ1v) is 7.15. The highest BCUT2D eigenvalue weighted by Gasteiger charge is 2.27. The van der Waals surface area contributed by atoms with Crippen molar-refractivity contribution < 1.29 is 14.3 Å². The van der Waals surface area contributed by atoms with E-state index in [4.69, 9.17) is 4.74 Å². The molecule has 3 nitrogen and oxygen atoms in total. The molecule has 0 spiro atoms. The first-order chi connectivity index (χ1) is 8.50. The van der Waals surface area contributed by atoms with E-state index in [1.54, 1.807) is 0 Å². The highest BCUT2D eigenvalue weighted by atomic mass is 16.5. The summed E-state index contributed by atoms with van der Waals surface area (Å²) in [4.78, 5) is 22.3. The van der Waals surface area contributed by atoms with Crippen molar-refractivity contribution in [2.24, 2.45) is 17.8 Å². The number of ketones is 1. The first kappa shape index (κ1) is 15.2. The first-order valence-electron chi connectivity index (χ1n) is 7.15. The van der Waals surface area contributed by atoms with Crippen LogP contribution in [0.3, 0.4) is 0 Å². The van der Waals surface area contributed by atoms with Gasteiger partial charge in [-0.25, -0.2) is 0 Å². The maximum absolute atomic E-state index is 11.4. The summed E-state index contributed by atoms with van der Waals surface area (Å²) in [6.07, 6.45) is 6.37. The third-order valence-corrected chi connectivity index (χ3v) is 3.94. The van der Waals surface area contributed by atoms with E-state index in [1.807, 2.05) is 0 Å². The van der Waals surface area contributed by atoms with Gasteiger partial charge in [-0.15, -0.1) is 0 Å². The van der Waals surface area contributed by atoms with Gasteiger partial charge in [0.15, 0.2) is 0 Å². The molecule has 1 atom stereocenters. The van der Waals surface area contributed by atoms with Gasteiger partial charge < -0.3 is 4.74 Å². The van der Waals surface area contributed by atoms with Crippen LogP contribution in [-0.4, -0.2) is 18.4 Å². The van der Waals surface area contributed by atoms with Crippen LogP contribution in [0.4, 0.5) is 0 Å². The number of carbonyl (C=O) groups is 2. The van der Waals surface area contributed by atoms with Gasteiger partial charge >= 0.3 is 5.97 Å². The molecule has 1 aliphatic carbocycles. The van der Waals surface area contributed by atoms with Crippen LogP contribution in [0.25, 0.3) is 0 Å². The lowest BCUT2D eigenvalue weighted by molar-refractivity contribution is -0.148. The molecular formula is C15H26O3. The van der Waals surface area contributed by atoms with Gasteiger partial charge in [-0.1, -0.05) is 46.0 Å². The normalized spacial score (nSPS) is 18.7. The molecule has 0 amide bonds. The number of carbonyl (C=O) groups excluding carboxylic acids is 2. The largest absolute Gasteiger partial charge is 0.465 e. The third kappa shape index (κ3) is 5.19. The minimum Gasteiger partial charge on any atom is -0.465 e.